The van der Waals surface area contributed by atoms with Crippen LogP contribution in [0.2, 0.25) is 0 Å². The molecule has 0 saturated heterocycles. The van der Waals surface area contributed by atoms with Crippen molar-refractivity contribution in [2.24, 2.45) is 0 Å². The van der Waals surface area contributed by atoms with Gasteiger partial charge in [0.15, 0.2) is 5.65 Å². The highest BCUT2D eigenvalue weighted by Crippen LogP contribution is 2.04. The molecule has 4 heteroatoms. The third kappa shape index (κ3) is 0.526. The third-order valence-electron chi connectivity index (χ3n) is 1.21. The summed E-state index contributed by atoms with van der Waals surface area (Å²) in [6.45, 7) is 1.91. The Morgan fingerprint density at radius 2 is 2.44 bits per heavy atom. The molecule has 0 saturated carbocycles. The average molecular weight is 122 g/mol. The summed E-state index contributed by atoms with van der Waals surface area (Å²) >= 11 is 0. The molecule has 0 bridgehead atoms. The van der Waals surface area contributed by atoms with E-state index in [1.807, 2.05) is 6.92 Å². The van der Waals surface area contributed by atoms with Crippen molar-refractivity contribution in [2.45, 2.75) is 6.92 Å². The Morgan fingerprint density at radius 1 is 1.56 bits per heavy atom. The Balaban J connectivity index is 2.92. The number of aromatic amines is 2. The van der Waals surface area contributed by atoms with E-state index in [0.717, 1.165) is 17.0 Å². The summed E-state index contributed by atoms with van der Waals surface area (Å²) in [5.41, 5.74) is 1.79. The first-order valence-corrected chi connectivity index (χ1v) is 2.72. The lowest BCUT2D eigenvalue weighted by Gasteiger charge is -1.72. The van der Waals surface area contributed by atoms with Crippen LogP contribution in [0.25, 0.3) is 11.2 Å². The molecule has 0 radical (unpaired) electrons. The smallest absolute Gasteiger partial charge is 0.173 e. The minimum absolute atomic E-state index is 0.826. The van der Waals surface area contributed by atoms with Gasteiger partial charge in [-0.2, -0.15) is 5.10 Å². The molecular weight excluding hydrogens is 116 g/mol. The highest BCUT2D eigenvalue weighted by molar-refractivity contribution is 5.68. The number of nitrogens with zero attached hydrogens (tertiary/aromatic N) is 2. The van der Waals surface area contributed by atoms with E-state index in [-0.39, 0.29) is 0 Å². The number of rotatable bonds is 0. The van der Waals surface area contributed by atoms with Gasteiger partial charge in [-0.05, 0) is 6.92 Å². The van der Waals surface area contributed by atoms with E-state index in [4.69, 9.17) is 0 Å². The first-order valence-electron chi connectivity index (χ1n) is 2.72. The largest absolute Gasteiger partial charge is 0.340 e. The second-order valence-corrected chi connectivity index (χ2v) is 1.95. The van der Waals surface area contributed by atoms with E-state index in [1.54, 1.807) is 6.20 Å². The Bertz CT molecular complexity index is 290. The van der Waals surface area contributed by atoms with Crippen LogP contribution in [0.15, 0.2) is 6.20 Å². The first kappa shape index (κ1) is 4.55. The summed E-state index contributed by atoms with van der Waals surface area (Å²) in [5, 5.41) is 6.53. The fraction of sp³-hybridized carbons (Fsp3) is 0.200. The van der Waals surface area contributed by atoms with Crippen LogP contribution >= 0.6 is 0 Å². The van der Waals surface area contributed by atoms with Gasteiger partial charge in [0.2, 0.25) is 0 Å². The monoisotopic (exact) mass is 122 g/mol. The second kappa shape index (κ2) is 1.34. The lowest BCUT2D eigenvalue weighted by molar-refractivity contribution is 1.07. The topological polar surface area (TPSA) is 57.4 Å². The van der Waals surface area contributed by atoms with Crippen molar-refractivity contribution in [3.8, 4) is 0 Å². The van der Waals surface area contributed by atoms with Crippen molar-refractivity contribution in [1.82, 2.24) is 20.2 Å². The molecule has 4 nitrogen and oxygen atoms in total. The van der Waals surface area contributed by atoms with Gasteiger partial charge in [-0.1, -0.05) is 0 Å². The minimum Gasteiger partial charge on any atom is -0.340 e. The van der Waals surface area contributed by atoms with Gasteiger partial charge in [-0.25, -0.2) is 4.98 Å². The molecule has 0 fully saturated rings. The fourth-order valence-corrected chi connectivity index (χ4v) is 0.847. The molecule has 0 unspecified atom stereocenters. The molecule has 0 aliphatic heterocycles. The maximum atomic E-state index is 4.10. The normalized spacial score (nSPS) is 10.8. The van der Waals surface area contributed by atoms with Crippen molar-refractivity contribution in [2.75, 3.05) is 0 Å². The minimum atomic E-state index is 0.826. The lowest BCUT2D eigenvalue weighted by atomic mass is 10.6. The molecular formula is C5H6N4. The van der Waals surface area contributed by atoms with Crippen LogP contribution < -0.4 is 0 Å². The molecule has 2 aromatic heterocycles. The molecule has 0 aliphatic carbocycles. The van der Waals surface area contributed by atoms with E-state index >= 15 is 0 Å². The molecule has 0 amide bonds. The van der Waals surface area contributed by atoms with Crippen LogP contribution in [0.5, 0.6) is 0 Å². The molecule has 0 spiro atoms. The van der Waals surface area contributed by atoms with Crippen LogP contribution in [-0.2, 0) is 0 Å². The average Bonchev–Trinajstić information content (AvgIpc) is 2.22. The number of imidazole rings is 1. The van der Waals surface area contributed by atoms with Gasteiger partial charge in [0.25, 0.3) is 0 Å². The summed E-state index contributed by atoms with van der Waals surface area (Å²) in [4.78, 5) is 7.13. The van der Waals surface area contributed by atoms with Crippen molar-refractivity contribution in [3.05, 3.63) is 12.0 Å². The van der Waals surface area contributed by atoms with Crippen LogP contribution in [-0.4, -0.2) is 20.2 Å². The Labute approximate surface area is 51.3 Å². The van der Waals surface area contributed by atoms with Crippen LogP contribution in [0, 0.1) is 6.92 Å². The predicted octanol–water partition coefficient (Wildman–Crippen LogP) is 0.594. The van der Waals surface area contributed by atoms with Gasteiger partial charge >= 0.3 is 0 Å². The number of fused-ring (bicyclic) bond motifs is 1. The zero-order valence-electron chi connectivity index (χ0n) is 4.97. The quantitative estimate of drug-likeness (QED) is 0.537. The standard InChI is InChI=1S/C5H6N4/c1-3-7-4-2-6-9-5(4)8-3/h2H,1H3,(H2,6,7,8,9). The molecule has 2 N–H and O–H groups in total. The summed E-state index contributed by atoms with van der Waals surface area (Å²) < 4.78 is 0. The fourth-order valence-electron chi connectivity index (χ4n) is 0.847. The van der Waals surface area contributed by atoms with Gasteiger partial charge < -0.3 is 4.98 Å². The van der Waals surface area contributed by atoms with Gasteiger partial charge in [0, 0.05) is 0 Å². The van der Waals surface area contributed by atoms with Crippen LogP contribution in [0.4, 0.5) is 0 Å². The van der Waals surface area contributed by atoms with Crippen molar-refractivity contribution < 1.29 is 0 Å². The Kier molecular flexibility index (Phi) is 0.677. The second-order valence-electron chi connectivity index (χ2n) is 1.95. The highest BCUT2D eigenvalue weighted by atomic mass is 15.2. The van der Waals surface area contributed by atoms with Crippen LogP contribution in [0.3, 0.4) is 0 Å². The SMILES string of the molecule is Cc1nc2[nH]ncc2[nH]1. The van der Waals surface area contributed by atoms with Crippen LogP contribution in [0.1, 0.15) is 5.82 Å². The van der Waals surface area contributed by atoms with Crippen molar-refractivity contribution >= 4 is 11.2 Å². The zero-order valence-corrected chi connectivity index (χ0v) is 4.97. The van der Waals surface area contributed by atoms with E-state index < -0.39 is 0 Å². The third-order valence-corrected chi connectivity index (χ3v) is 1.21. The van der Waals surface area contributed by atoms with Gasteiger partial charge in [-0.3, -0.25) is 5.10 Å². The maximum absolute atomic E-state index is 4.10. The molecule has 0 atom stereocenters. The zero-order chi connectivity index (χ0) is 6.27. The summed E-state index contributed by atoms with van der Waals surface area (Å²) in [7, 11) is 0. The molecule has 2 rings (SSSR count). The number of aryl methyl sites for hydroxylation is 1. The molecule has 0 aromatic carbocycles. The number of aromatic nitrogens is 4. The Hall–Kier alpha value is -1.32. The van der Waals surface area contributed by atoms with E-state index in [1.165, 1.54) is 0 Å². The molecule has 46 valence electrons. The molecule has 9 heavy (non-hydrogen) atoms. The number of H-pyrrole nitrogens is 2. The van der Waals surface area contributed by atoms with Crippen molar-refractivity contribution in [3.63, 3.8) is 0 Å². The maximum Gasteiger partial charge on any atom is 0.173 e. The Morgan fingerprint density at radius 3 is 3.22 bits per heavy atom. The highest BCUT2D eigenvalue weighted by Gasteiger charge is 1.97. The summed E-state index contributed by atoms with van der Waals surface area (Å²) in [5.74, 6) is 0.915. The predicted molar refractivity (Wildman–Crippen MR) is 33.0 cm³/mol. The summed E-state index contributed by atoms with van der Waals surface area (Å²) in [6.07, 6.45) is 1.72. The van der Waals surface area contributed by atoms with E-state index in [0.29, 0.717) is 0 Å². The molecule has 2 heterocycles. The number of hydrogen-bond acceptors (Lipinski definition) is 2. The van der Waals surface area contributed by atoms with Crippen molar-refractivity contribution in [1.29, 1.82) is 0 Å². The molecule has 2 aromatic rings. The van der Waals surface area contributed by atoms with Gasteiger partial charge in [0.1, 0.15) is 11.3 Å². The summed E-state index contributed by atoms with van der Waals surface area (Å²) in [6, 6.07) is 0. The van der Waals surface area contributed by atoms with Gasteiger partial charge in [-0.15, -0.1) is 0 Å². The number of nitrogens with one attached hydrogen (secondary N) is 2. The van der Waals surface area contributed by atoms with Gasteiger partial charge in [0.05, 0.1) is 6.20 Å². The first-order chi connectivity index (χ1) is 4.36. The van der Waals surface area contributed by atoms with E-state index in [9.17, 15) is 0 Å². The molecule has 0 aliphatic rings. The number of hydrogen-bond donors (Lipinski definition) is 2. The van der Waals surface area contributed by atoms with E-state index in [2.05, 4.69) is 20.2 Å². The lowest BCUT2D eigenvalue weighted by Crippen LogP contribution is -1.72.